The van der Waals surface area contributed by atoms with E-state index in [4.69, 9.17) is 4.74 Å². The summed E-state index contributed by atoms with van der Waals surface area (Å²) in [5.41, 5.74) is 1.81. The molecule has 0 saturated heterocycles. The van der Waals surface area contributed by atoms with Gasteiger partial charge in [0.05, 0.1) is 7.11 Å². The smallest absolute Gasteiger partial charge is 0.274 e. The number of hydrogen-bond donors (Lipinski definition) is 0. The summed E-state index contributed by atoms with van der Waals surface area (Å²) >= 11 is 0. The molecule has 3 aromatic rings. The summed E-state index contributed by atoms with van der Waals surface area (Å²) in [7, 11) is 4.85. The third-order valence-electron chi connectivity index (χ3n) is 5.13. The summed E-state index contributed by atoms with van der Waals surface area (Å²) in [5, 5.41) is 0. The van der Waals surface area contributed by atoms with Crippen LogP contribution in [0.4, 0.5) is 10.2 Å². The second-order valence-corrected chi connectivity index (χ2v) is 7.50. The van der Waals surface area contributed by atoms with E-state index in [1.807, 2.05) is 31.2 Å². The van der Waals surface area contributed by atoms with Gasteiger partial charge in [0.2, 0.25) is 6.41 Å². The predicted molar refractivity (Wildman–Crippen MR) is 121 cm³/mol. The fraction of sp³-hybridized carbons (Fsp3) is 0.292. The minimum absolute atomic E-state index is 0.251. The predicted octanol–water partition coefficient (Wildman–Crippen LogP) is 3.82. The zero-order chi connectivity index (χ0) is 23.3. The van der Waals surface area contributed by atoms with Crippen LogP contribution in [0.3, 0.4) is 0 Å². The van der Waals surface area contributed by atoms with Crippen molar-refractivity contribution in [1.29, 1.82) is 0 Å². The molecule has 0 radical (unpaired) electrons. The molecule has 0 bridgehead atoms. The third kappa shape index (κ3) is 4.80. The highest BCUT2D eigenvalue weighted by molar-refractivity contribution is 6.00. The molecule has 3 rings (SSSR count). The van der Waals surface area contributed by atoms with Crippen LogP contribution in [0, 0.1) is 5.82 Å². The number of ether oxygens (including phenoxy) is 1. The fourth-order valence-corrected chi connectivity index (χ4v) is 3.47. The first-order valence-electron chi connectivity index (χ1n) is 10.3. The standard InChI is InChI=1S/C24H27FN4O3/c1-5-13-27(2)24(31)21-23(28(3)16-30)26-22(18-7-6-8-20(14-18)32-4)29(21)15-17-9-11-19(25)12-10-17/h6-12,14,16H,5,13,15H2,1-4H3. The normalized spacial score (nSPS) is 10.7. The van der Waals surface area contributed by atoms with Crippen LogP contribution >= 0.6 is 0 Å². The molecule has 1 aromatic heterocycles. The Morgan fingerprint density at radius 2 is 1.91 bits per heavy atom. The minimum Gasteiger partial charge on any atom is -0.497 e. The van der Waals surface area contributed by atoms with Gasteiger partial charge < -0.3 is 19.1 Å². The number of imidazole rings is 1. The summed E-state index contributed by atoms with van der Waals surface area (Å²) in [5.74, 6) is 0.810. The average Bonchev–Trinajstić information content (AvgIpc) is 3.18. The van der Waals surface area contributed by atoms with E-state index >= 15 is 0 Å². The number of benzene rings is 2. The lowest BCUT2D eigenvalue weighted by molar-refractivity contribution is -0.107. The summed E-state index contributed by atoms with van der Waals surface area (Å²) in [6, 6.07) is 13.4. The van der Waals surface area contributed by atoms with Gasteiger partial charge in [0, 0.05) is 32.7 Å². The van der Waals surface area contributed by atoms with Gasteiger partial charge in [-0.15, -0.1) is 0 Å². The number of aromatic nitrogens is 2. The van der Waals surface area contributed by atoms with Gasteiger partial charge in [-0.25, -0.2) is 9.37 Å². The third-order valence-corrected chi connectivity index (χ3v) is 5.13. The number of halogens is 1. The van der Waals surface area contributed by atoms with Crippen LogP contribution in [0.2, 0.25) is 0 Å². The number of carbonyl (C=O) groups excluding carboxylic acids is 2. The van der Waals surface area contributed by atoms with E-state index in [-0.39, 0.29) is 29.8 Å². The number of nitrogens with zero attached hydrogens (tertiary/aromatic N) is 4. The SMILES string of the molecule is CCCN(C)C(=O)c1c(N(C)C=O)nc(-c2cccc(OC)c2)n1Cc1ccc(F)cc1. The molecule has 168 valence electrons. The van der Waals surface area contributed by atoms with E-state index in [9.17, 15) is 14.0 Å². The zero-order valence-electron chi connectivity index (χ0n) is 18.7. The second-order valence-electron chi connectivity index (χ2n) is 7.50. The number of amides is 2. The number of anilines is 1. The van der Waals surface area contributed by atoms with Gasteiger partial charge in [0.25, 0.3) is 5.91 Å². The van der Waals surface area contributed by atoms with Crippen LogP contribution in [-0.4, -0.2) is 54.5 Å². The highest BCUT2D eigenvalue weighted by Crippen LogP contribution is 2.31. The molecule has 0 N–H and O–H groups in total. The fourth-order valence-electron chi connectivity index (χ4n) is 3.47. The molecule has 2 aromatic carbocycles. The molecule has 32 heavy (non-hydrogen) atoms. The average molecular weight is 439 g/mol. The summed E-state index contributed by atoms with van der Waals surface area (Å²) in [6.45, 7) is 2.81. The van der Waals surface area contributed by atoms with Gasteiger partial charge in [-0.3, -0.25) is 9.59 Å². The highest BCUT2D eigenvalue weighted by Gasteiger charge is 2.28. The van der Waals surface area contributed by atoms with Crippen molar-refractivity contribution in [1.82, 2.24) is 14.5 Å². The molecule has 0 spiro atoms. The van der Waals surface area contributed by atoms with Crippen LogP contribution < -0.4 is 9.64 Å². The number of methoxy groups -OCH3 is 1. The maximum absolute atomic E-state index is 13.5. The van der Waals surface area contributed by atoms with Crippen LogP contribution in [0.25, 0.3) is 11.4 Å². The van der Waals surface area contributed by atoms with E-state index in [1.165, 1.54) is 17.0 Å². The summed E-state index contributed by atoms with van der Waals surface area (Å²) < 4.78 is 20.6. The highest BCUT2D eigenvalue weighted by atomic mass is 19.1. The van der Waals surface area contributed by atoms with Crippen molar-refractivity contribution in [3.05, 3.63) is 65.6 Å². The Bertz CT molecular complexity index is 1100. The molecule has 8 heteroatoms. The van der Waals surface area contributed by atoms with Crippen molar-refractivity contribution < 1.29 is 18.7 Å². The van der Waals surface area contributed by atoms with E-state index in [2.05, 4.69) is 4.98 Å². The lowest BCUT2D eigenvalue weighted by Crippen LogP contribution is -2.31. The molecular formula is C24H27FN4O3. The van der Waals surface area contributed by atoms with Gasteiger partial charge in [0.15, 0.2) is 11.5 Å². The molecule has 0 aliphatic heterocycles. The molecule has 0 aliphatic rings. The monoisotopic (exact) mass is 438 g/mol. The van der Waals surface area contributed by atoms with Crippen LogP contribution in [0.15, 0.2) is 48.5 Å². The van der Waals surface area contributed by atoms with Gasteiger partial charge in [-0.05, 0) is 36.2 Å². The van der Waals surface area contributed by atoms with Crippen molar-refractivity contribution in [2.24, 2.45) is 0 Å². The zero-order valence-corrected chi connectivity index (χ0v) is 18.7. The van der Waals surface area contributed by atoms with Crippen molar-refractivity contribution in [2.75, 3.05) is 32.6 Å². The molecule has 2 amide bonds. The van der Waals surface area contributed by atoms with Crippen LogP contribution in [-0.2, 0) is 11.3 Å². The molecular weight excluding hydrogens is 411 g/mol. The topological polar surface area (TPSA) is 67.7 Å². The second kappa shape index (κ2) is 10.1. The van der Waals surface area contributed by atoms with Gasteiger partial charge in [0.1, 0.15) is 17.4 Å². The Hall–Kier alpha value is -3.68. The van der Waals surface area contributed by atoms with Crippen molar-refractivity contribution in [2.45, 2.75) is 19.9 Å². The van der Waals surface area contributed by atoms with Crippen molar-refractivity contribution >= 4 is 18.1 Å². The Morgan fingerprint density at radius 1 is 1.19 bits per heavy atom. The molecule has 0 saturated carbocycles. The minimum atomic E-state index is -0.340. The first-order valence-corrected chi connectivity index (χ1v) is 10.3. The Morgan fingerprint density at radius 3 is 2.53 bits per heavy atom. The number of hydrogen-bond acceptors (Lipinski definition) is 4. The van der Waals surface area contributed by atoms with Crippen LogP contribution in [0.5, 0.6) is 5.75 Å². The Kier molecular flexibility index (Phi) is 7.25. The molecule has 1 heterocycles. The van der Waals surface area contributed by atoms with Crippen LogP contribution in [0.1, 0.15) is 29.4 Å². The first kappa shape index (κ1) is 23.0. The molecule has 0 atom stereocenters. The van der Waals surface area contributed by atoms with E-state index in [0.717, 1.165) is 17.5 Å². The molecule has 7 nitrogen and oxygen atoms in total. The van der Waals surface area contributed by atoms with E-state index in [0.29, 0.717) is 24.5 Å². The maximum Gasteiger partial charge on any atom is 0.274 e. The summed E-state index contributed by atoms with van der Waals surface area (Å²) in [6.07, 6.45) is 1.41. The number of rotatable bonds is 9. The lowest BCUT2D eigenvalue weighted by Gasteiger charge is -2.20. The number of carbonyl (C=O) groups is 2. The molecule has 0 aliphatic carbocycles. The van der Waals surface area contributed by atoms with Crippen molar-refractivity contribution in [3.8, 4) is 17.1 Å². The lowest BCUT2D eigenvalue weighted by atomic mass is 10.1. The van der Waals surface area contributed by atoms with Gasteiger partial charge in [-0.2, -0.15) is 0 Å². The molecule has 0 unspecified atom stereocenters. The van der Waals surface area contributed by atoms with Gasteiger partial charge in [-0.1, -0.05) is 31.2 Å². The summed E-state index contributed by atoms with van der Waals surface area (Å²) in [4.78, 5) is 32.6. The largest absolute Gasteiger partial charge is 0.497 e. The quantitative estimate of drug-likeness (QED) is 0.477. The molecule has 0 fully saturated rings. The Balaban J connectivity index is 2.25. The van der Waals surface area contributed by atoms with Crippen molar-refractivity contribution in [3.63, 3.8) is 0 Å². The maximum atomic E-state index is 13.5. The van der Waals surface area contributed by atoms with Gasteiger partial charge >= 0.3 is 0 Å². The van der Waals surface area contributed by atoms with E-state index < -0.39 is 0 Å². The first-order chi connectivity index (χ1) is 15.4. The Labute approximate surface area is 187 Å². The van der Waals surface area contributed by atoms with E-state index in [1.54, 1.807) is 42.8 Å².